The summed E-state index contributed by atoms with van der Waals surface area (Å²) in [4.78, 5) is 60.5. The molecule has 0 radical (unpaired) electrons. The number of nitrogens with zero attached hydrogens (tertiary/aromatic N) is 3. The van der Waals surface area contributed by atoms with E-state index in [1.807, 2.05) is 0 Å². The Labute approximate surface area is 212 Å². The van der Waals surface area contributed by atoms with Crippen LogP contribution >= 0.6 is 22.7 Å². The van der Waals surface area contributed by atoms with Crippen LogP contribution in [0, 0.1) is 0 Å². The molecule has 2 atom stereocenters. The minimum Gasteiger partial charge on any atom is -0.486 e. The van der Waals surface area contributed by atoms with Gasteiger partial charge in [0.2, 0.25) is 5.91 Å². The molecule has 1 fully saturated rings. The van der Waals surface area contributed by atoms with E-state index in [4.69, 9.17) is 9.47 Å². The van der Waals surface area contributed by atoms with Crippen LogP contribution in [-0.4, -0.2) is 65.0 Å². The average molecular weight is 530 g/mol. The lowest BCUT2D eigenvalue weighted by molar-refractivity contribution is -0.134. The molecule has 14 heteroatoms. The summed E-state index contributed by atoms with van der Waals surface area (Å²) in [5.41, 5.74) is 2.66. The van der Waals surface area contributed by atoms with E-state index >= 15 is 0 Å². The fourth-order valence-corrected chi connectivity index (χ4v) is 5.06. The quantitative estimate of drug-likeness (QED) is 0.346. The fourth-order valence-electron chi connectivity index (χ4n) is 3.81. The van der Waals surface area contributed by atoms with Gasteiger partial charge in [-0.1, -0.05) is 6.07 Å². The Morgan fingerprint density at radius 2 is 2.06 bits per heavy atom. The largest absolute Gasteiger partial charge is 0.486 e. The number of rotatable bonds is 7. The van der Waals surface area contributed by atoms with Crippen LogP contribution in [0.5, 0.6) is 11.5 Å². The zero-order chi connectivity index (χ0) is 25.2. The number of aromatic nitrogens is 2. The molecule has 0 bridgehead atoms. The zero-order valence-corrected chi connectivity index (χ0v) is 20.4. The van der Waals surface area contributed by atoms with Crippen molar-refractivity contribution in [1.82, 2.24) is 20.2 Å². The molecule has 5 rings (SSSR count). The highest BCUT2D eigenvalue weighted by Crippen LogP contribution is 2.35. The van der Waals surface area contributed by atoms with Crippen LogP contribution in [0.15, 0.2) is 34.5 Å². The monoisotopic (exact) mass is 529 g/mol. The van der Waals surface area contributed by atoms with Gasteiger partial charge in [0.25, 0.3) is 5.91 Å². The Bertz CT molecular complexity index is 1330. The molecule has 3 aromatic rings. The van der Waals surface area contributed by atoms with Crippen molar-refractivity contribution in [2.75, 3.05) is 25.6 Å². The standard InChI is InChI=1S/C22H19N5O7S2/c1-32-20(30)13-9-36-21(24-13)26-18(28)14(7-12-8-35-10-23-12)27-19(29)17(25-22(27)31)11-2-3-15-16(6-11)34-5-4-33-15/h2-3,6,8-10,14,17H,4-5,7H2,1H3,(H,25,31)(H,24,26,28)/t14-,17?/m0/s1. The van der Waals surface area contributed by atoms with Crippen molar-refractivity contribution in [3.05, 3.63) is 51.4 Å². The maximum absolute atomic E-state index is 13.4. The van der Waals surface area contributed by atoms with Crippen LogP contribution in [-0.2, 0) is 20.7 Å². The molecule has 2 N–H and O–H groups in total. The minimum atomic E-state index is -1.22. The smallest absolute Gasteiger partial charge is 0.357 e. The molecule has 1 unspecified atom stereocenters. The second kappa shape index (κ2) is 9.91. The molecule has 36 heavy (non-hydrogen) atoms. The molecule has 12 nitrogen and oxygen atoms in total. The number of ether oxygens (including phenoxy) is 3. The van der Waals surface area contributed by atoms with Gasteiger partial charge < -0.3 is 24.8 Å². The van der Waals surface area contributed by atoms with E-state index in [0.717, 1.165) is 16.2 Å². The molecule has 0 saturated carbocycles. The van der Waals surface area contributed by atoms with Crippen LogP contribution in [0.25, 0.3) is 0 Å². The predicted octanol–water partition coefficient (Wildman–Crippen LogP) is 2.00. The van der Waals surface area contributed by atoms with Gasteiger partial charge in [0.1, 0.15) is 25.3 Å². The van der Waals surface area contributed by atoms with Gasteiger partial charge in [-0.05, 0) is 17.7 Å². The maximum atomic E-state index is 13.4. The predicted molar refractivity (Wildman–Crippen MR) is 127 cm³/mol. The molecule has 0 aliphatic carbocycles. The normalized spacial score (nSPS) is 17.5. The Morgan fingerprint density at radius 3 is 2.81 bits per heavy atom. The first-order valence-electron chi connectivity index (χ1n) is 10.7. The Kier molecular flexibility index (Phi) is 6.52. The lowest BCUT2D eigenvalue weighted by atomic mass is 10.0. The van der Waals surface area contributed by atoms with Crippen LogP contribution < -0.4 is 20.1 Å². The summed E-state index contributed by atoms with van der Waals surface area (Å²) in [6.45, 7) is 0.796. The van der Waals surface area contributed by atoms with Gasteiger partial charge in [-0.25, -0.2) is 24.5 Å². The van der Waals surface area contributed by atoms with E-state index in [1.54, 1.807) is 29.1 Å². The minimum absolute atomic E-state index is 0.00239. The Hall–Kier alpha value is -4.04. The van der Waals surface area contributed by atoms with Gasteiger partial charge in [-0.3, -0.25) is 9.59 Å². The molecule has 2 aliphatic rings. The molecule has 4 heterocycles. The summed E-state index contributed by atoms with van der Waals surface area (Å²) in [6.07, 6.45) is -0.00239. The molecular weight excluding hydrogens is 510 g/mol. The first-order chi connectivity index (χ1) is 17.4. The van der Waals surface area contributed by atoms with Crippen molar-refractivity contribution in [2.45, 2.75) is 18.5 Å². The highest BCUT2D eigenvalue weighted by Gasteiger charge is 2.46. The summed E-state index contributed by atoms with van der Waals surface area (Å²) in [5, 5.41) is 8.53. The summed E-state index contributed by atoms with van der Waals surface area (Å²) in [6, 6.07) is 2.04. The first kappa shape index (κ1) is 23.7. The van der Waals surface area contributed by atoms with Gasteiger partial charge >= 0.3 is 12.0 Å². The van der Waals surface area contributed by atoms with Crippen molar-refractivity contribution in [3.63, 3.8) is 0 Å². The van der Waals surface area contributed by atoms with E-state index in [1.165, 1.54) is 23.8 Å². The number of nitrogens with one attached hydrogen (secondary N) is 2. The molecule has 1 saturated heterocycles. The van der Waals surface area contributed by atoms with E-state index in [2.05, 4.69) is 25.3 Å². The van der Waals surface area contributed by atoms with E-state index in [9.17, 15) is 19.2 Å². The number of methoxy groups -OCH3 is 1. The lowest BCUT2D eigenvalue weighted by Gasteiger charge is -2.24. The third kappa shape index (κ3) is 4.59. The molecule has 2 aliphatic heterocycles. The van der Waals surface area contributed by atoms with Crippen molar-refractivity contribution < 1.29 is 33.4 Å². The number of esters is 1. The lowest BCUT2D eigenvalue weighted by Crippen LogP contribution is -2.49. The third-order valence-corrected chi connectivity index (χ3v) is 6.89. The van der Waals surface area contributed by atoms with Crippen LogP contribution in [0.2, 0.25) is 0 Å². The summed E-state index contributed by atoms with van der Waals surface area (Å²) < 4.78 is 15.7. The van der Waals surface area contributed by atoms with Crippen LogP contribution in [0.1, 0.15) is 27.8 Å². The molecule has 186 valence electrons. The number of imide groups is 1. The first-order valence-corrected chi connectivity index (χ1v) is 12.5. The summed E-state index contributed by atoms with van der Waals surface area (Å²) in [7, 11) is 1.22. The topological polar surface area (TPSA) is 149 Å². The molecule has 0 spiro atoms. The SMILES string of the molecule is COC(=O)c1csc(NC(=O)[C@H](Cc2cscn2)N2C(=O)NC(c3ccc4c(c3)OCCO4)C2=O)n1. The van der Waals surface area contributed by atoms with E-state index in [-0.39, 0.29) is 17.2 Å². The average Bonchev–Trinajstić information content (AvgIpc) is 3.63. The Balaban J connectivity index is 1.40. The summed E-state index contributed by atoms with van der Waals surface area (Å²) in [5.74, 6) is -0.876. The van der Waals surface area contributed by atoms with Gasteiger partial charge in [0.15, 0.2) is 22.3 Å². The third-order valence-electron chi connectivity index (χ3n) is 5.50. The number of fused-ring (bicyclic) bond motifs is 1. The van der Waals surface area contributed by atoms with E-state index < -0.39 is 35.9 Å². The molecule has 2 aromatic heterocycles. The van der Waals surface area contributed by atoms with Crippen molar-refractivity contribution in [1.29, 1.82) is 0 Å². The highest BCUT2D eigenvalue weighted by molar-refractivity contribution is 7.14. The molecular formula is C22H19N5O7S2. The van der Waals surface area contributed by atoms with E-state index in [0.29, 0.717) is 36.0 Å². The fraction of sp³-hybridized carbons (Fsp3) is 0.273. The second-order valence-electron chi connectivity index (χ2n) is 7.71. The Morgan fingerprint density at radius 1 is 1.25 bits per heavy atom. The van der Waals surface area contributed by atoms with Crippen molar-refractivity contribution in [2.24, 2.45) is 0 Å². The van der Waals surface area contributed by atoms with Gasteiger partial charge in [0, 0.05) is 17.2 Å². The maximum Gasteiger partial charge on any atom is 0.357 e. The van der Waals surface area contributed by atoms with Gasteiger partial charge in [0.05, 0.1) is 18.3 Å². The van der Waals surface area contributed by atoms with Crippen LogP contribution in [0.3, 0.4) is 0 Å². The van der Waals surface area contributed by atoms with Gasteiger partial charge in [-0.2, -0.15) is 0 Å². The number of benzene rings is 1. The number of thiazole rings is 2. The van der Waals surface area contributed by atoms with Crippen molar-refractivity contribution >= 4 is 51.6 Å². The number of anilines is 1. The molecule has 4 amide bonds. The zero-order valence-electron chi connectivity index (χ0n) is 18.8. The second-order valence-corrected chi connectivity index (χ2v) is 9.29. The number of hydrogen-bond donors (Lipinski definition) is 2. The van der Waals surface area contributed by atoms with Crippen LogP contribution in [0.4, 0.5) is 9.93 Å². The number of carbonyl (C=O) groups is 4. The summed E-state index contributed by atoms with van der Waals surface area (Å²) >= 11 is 2.34. The molecule has 1 aromatic carbocycles. The van der Waals surface area contributed by atoms with Gasteiger partial charge in [-0.15, -0.1) is 22.7 Å². The number of carbonyl (C=O) groups excluding carboxylic acids is 4. The number of urea groups is 1. The number of hydrogen-bond acceptors (Lipinski definition) is 11. The highest BCUT2D eigenvalue weighted by atomic mass is 32.1. The number of amides is 4. The van der Waals surface area contributed by atoms with Crippen molar-refractivity contribution in [3.8, 4) is 11.5 Å².